The molecule has 0 saturated carbocycles. The Balaban J connectivity index is 1.44. The van der Waals surface area contributed by atoms with Crippen LogP contribution in [0.4, 0.5) is 17.3 Å². The summed E-state index contributed by atoms with van der Waals surface area (Å²) < 4.78 is 3.53. The number of benzene rings is 3. The van der Waals surface area contributed by atoms with E-state index >= 15 is 0 Å². The van der Waals surface area contributed by atoms with E-state index in [1.54, 1.807) is 10.9 Å². The molecule has 0 bridgehead atoms. The van der Waals surface area contributed by atoms with E-state index in [0.717, 1.165) is 28.2 Å². The molecule has 6 aromatic rings. The van der Waals surface area contributed by atoms with Crippen molar-refractivity contribution in [1.82, 2.24) is 24.5 Å². The first-order chi connectivity index (χ1) is 19.1. The molecule has 0 amide bonds. The van der Waals surface area contributed by atoms with Crippen LogP contribution in [-0.4, -0.2) is 30.8 Å². The van der Waals surface area contributed by atoms with Gasteiger partial charge in [0.2, 0.25) is 0 Å². The van der Waals surface area contributed by atoms with E-state index in [9.17, 15) is 4.79 Å². The number of para-hydroxylation sites is 2. The SMILES string of the molecule is Cc1c(-c2csc(-c3c(Nc4ccccc4)n[nH]c3/N=C/c3ccccc3)n2)c(=O)n(-c2ccccc2)n1C. The van der Waals surface area contributed by atoms with Crippen LogP contribution in [0.2, 0.25) is 0 Å². The van der Waals surface area contributed by atoms with E-state index in [1.165, 1.54) is 11.3 Å². The lowest BCUT2D eigenvalue weighted by Gasteiger charge is -2.07. The molecule has 3 aromatic heterocycles. The molecule has 3 aromatic carbocycles. The summed E-state index contributed by atoms with van der Waals surface area (Å²) in [6.07, 6.45) is 1.79. The van der Waals surface area contributed by atoms with Gasteiger partial charge in [0.15, 0.2) is 11.6 Å². The van der Waals surface area contributed by atoms with Crippen LogP contribution in [0, 0.1) is 6.92 Å². The molecule has 0 saturated heterocycles. The number of rotatable bonds is 7. The largest absolute Gasteiger partial charge is 0.338 e. The highest BCUT2D eigenvalue weighted by Crippen LogP contribution is 2.39. The minimum Gasteiger partial charge on any atom is -0.338 e. The van der Waals surface area contributed by atoms with Crippen molar-refractivity contribution in [2.75, 3.05) is 5.32 Å². The van der Waals surface area contributed by atoms with Crippen LogP contribution in [0.25, 0.3) is 27.5 Å². The number of anilines is 2. The Morgan fingerprint density at radius 3 is 2.31 bits per heavy atom. The maximum Gasteiger partial charge on any atom is 0.281 e. The van der Waals surface area contributed by atoms with Crippen LogP contribution in [0.15, 0.2) is 106 Å². The lowest BCUT2D eigenvalue weighted by Crippen LogP contribution is -2.20. The van der Waals surface area contributed by atoms with Crippen molar-refractivity contribution in [2.24, 2.45) is 12.0 Å². The number of H-pyrrole nitrogens is 1. The second kappa shape index (κ2) is 10.4. The lowest BCUT2D eigenvalue weighted by atomic mass is 10.2. The Labute approximate surface area is 228 Å². The van der Waals surface area contributed by atoms with E-state index in [1.807, 2.05) is 115 Å². The molecule has 0 radical (unpaired) electrons. The van der Waals surface area contributed by atoms with Crippen LogP contribution in [0.1, 0.15) is 11.3 Å². The number of hydrogen-bond donors (Lipinski definition) is 2. The summed E-state index contributed by atoms with van der Waals surface area (Å²) in [7, 11) is 1.88. The van der Waals surface area contributed by atoms with Crippen molar-refractivity contribution in [1.29, 1.82) is 0 Å². The van der Waals surface area contributed by atoms with E-state index in [-0.39, 0.29) is 5.56 Å². The van der Waals surface area contributed by atoms with Gasteiger partial charge in [-0.1, -0.05) is 66.7 Å². The zero-order valence-corrected chi connectivity index (χ0v) is 22.2. The fraction of sp³-hybridized carbons (Fsp3) is 0.0667. The normalized spacial score (nSPS) is 11.3. The first-order valence-corrected chi connectivity index (χ1v) is 13.3. The van der Waals surface area contributed by atoms with Crippen LogP contribution in [-0.2, 0) is 7.05 Å². The molecule has 2 N–H and O–H groups in total. The highest BCUT2D eigenvalue weighted by Gasteiger charge is 2.23. The van der Waals surface area contributed by atoms with Gasteiger partial charge in [0.25, 0.3) is 5.56 Å². The van der Waals surface area contributed by atoms with Gasteiger partial charge in [0.1, 0.15) is 5.01 Å². The van der Waals surface area contributed by atoms with E-state index < -0.39 is 0 Å². The van der Waals surface area contributed by atoms with Gasteiger partial charge >= 0.3 is 0 Å². The molecule has 0 aliphatic carbocycles. The fourth-order valence-electron chi connectivity index (χ4n) is 4.42. The van der Waals surface area contributed by atoms with Gasteiger partial charge in [-0.15, -0.1) is 11.3 Å². The molecule has 0 unspecified atom stereocenters. The second-order valence-electron chi connectivity index (χ2n) is 8.93. The summed E-state index contributed by atoms with van der Waals surface area (Å²) in [6.45, 7) is 1.94. The summed E-state index contributed by atoms with van der Waals surface area (Å²) in [6, 6.07) is 29.3. The molecular weight excluding hydrogens is 506 g/mol. The molecule has 0 fully saturated rings. The zero-order chi connectivity index (χ0) is 26.8. The van der Waals surface area contributed by atoms with Gasteiger partial charge in [-0.2, -0.15) is 5.10 Å². The third-order valence-corrected chi connectivity index (χ3v) is 7.31. The molecule has 0 aliphatic rings. The lowest BCUT2D eigenvalue weighted by molar-refractivity contribution is 0.630. The third-order valence-electron chi connectivity index (χ3n) is 6.45. The predicted molar refractivity (Wildman–Crippen MR) is 158 cm³/mol. The van der Waals surface area contributed by atoms with Gasteiger partial charge in [-0.25, -0.2) is 14.7 Å². The van der Waals surface area contributed by atoms with Crippen molar-refractivity contribution in [3.8, 4) is 27.5 Å². The number of hydrogen-bond acceptors (Lipinski definition) is 6. The number of thiazole rings is 1. The van der Waals surface area contributed by atoms with E-state index in [4.69, 9.17) is 9.98 Å². The summed E-state index contributed by atoms with van der Waals surface area (Å²) in [5.74, 6) is 1.18. The maximum atomic E-state index is 13.6. The number of nitrogens with zero attached hydrogens (tertiary/aromatic N) is 5. The minimum atomic E-state index is -0.116. The fourth-order valence-corrected chi connectivity index (χ4v) is 5.28. The first kappa shape index (κ1) is 24.3. The Kier molecular flexibility index (Phi) is 6.48. The molecule has 3 heterocycles. The zero-order valence-electron chi connectivity index (χ0n) is 21.4. The number of nitrogens with one attached hydrogen (secondary N) is 2. The smallest absolute Gasteiger partial charge is 0.281 e. The Morgan fingerprint density at radius 1 is 0.923 bits per heavy atom. The predicted octanol–water partition coefficient (Wildman–Crippen LogP) is 6.49. The minimum absolute atomic E-state index is 0.116. The molecule has 9 heteroatoms. The average molecular weight is 532 g/mol. The van der Waals surface area contributed by atoms with Gasteiger partial charge < -0.3 is 5.32 Å². The van der Waals surface area contributed by atoms with Crippen molar-refractivity contribution >= 4 is 34.9 Å². The highest BCUT2D eigenvalue weighted by molar-refractivity contribution is 7.13. The molecule has 192 valence electrons. The average Bonchev–Trinajstić information content (AvgIpc) is 3.65. The van der Waals surface area contributed by atoms with Crippen molar-refractivity contribution < 1.29 is 0 Å². The van der Waals surface area contributed by atoms with Gasteiger partial charge in [-0.05, 0) is 36.8 Å². The maximum absolute atomic E-state index is 13.6. The molecule has 6 rings (SSSR count). The van der Waals surface area contributed by atoms with Crippen molar-refractivity contribution in [3.63, 3.8) is 0 Å². The van der Waals surface area contributed by atoms with E-state index in [2.05, 4.69) is 15.5 Å². The first-order valence-electron chi connectivity index (χ1n) is 12.4. The van der Waals surface area contributed by atoms with Crippen LogP contribution >= 0.6 is 11.3 Å². The van der Waals surface area contributed by atoms with Crippen molar-refractivity contribution in [3.05, 3.63) is 118 Å². The van der Waals surface area contributed by atoms with Gasteiger partial charge in [0.05, 0.1) is 22.5 Å². The quantitative estimate of drug-likeness (QED) is 0.230. The molecule has 39 heavy (non-hydrogen) atoms. The molecular formula is C30H25N7OS. The van der Waals surface area contributed by atoms with Crippen LogP contribution in [0.3, 0.4) is 0 Å². The number of aliphatic imine (C=N–C) groups is 1. The number of aromatic amines is 1. The van der Waals surface area contributed by atoms with Crippen molar-refractivity contribution in [2.45, 2.75) is 6.92 Å². The number of aromatic nitrogens is 5. The highest BCUT2D eigenvalue weighted by atomic mass is 32.1. The second-order valence-corrected chi connectivity index (χ2v) is 9.79. The molecule has 0 aliphatic heterocycles. The monoisotopic (exact) mass is 531 g/mol. The van der Waals surface area contributed by atoms with E-state index in [0.29, 0.717) is 27.9 Å². The summed E-state index contributed by atoms with van der Waals surface area (Å²) in [5, 5.41) is 13.6. The Bertz CT molecular complexity index is 1810. The molecule has 0 spiro atoms. The molecule has 8 nitrogen and oxygen atoms in total. The summed E-state index contributed by atoms with van der Waals surface area (Å²) >= 11 is 1.45. The third kappa shape index (κ3) is 4.71. The topological polar surface area (TPSA) is 92.9 Å². The van der Waals surface area contributed by atoms with Crippen LogP contribution in [0.5, 0.6) is 0 Å². The van der Waals surface area contributed by atoms with Gasteiger partial charge in [-0.3, -0.25) is 14.6 Å². The molecule has 0 atom stereocenters. The summed E-state index contributed by atoms with van der Waals surface area (Å²) in [4.78, 5) is 23.2. The standard InChI is InChI=1S/C30H25N7OS/c1-20-25(30(38)37(36(20)2)23-16-10-5-11-17-23)24-19-39-29(33-24)26-27(31-18-21-12-6-3-7-13-21)34-35-28(26)32-22-14-8-4-9-15-22/h3-19H,1-2H3,(H2,32,34,35)/b31-18+. The summed E-state index contributed by atoms with van der Waals surface area (Å²) in [5.41, 5.74) is 5.30. The Hall–Kier alpha value is -5.02. The van der Waals surface area contributed by atoms with Gasteiger partial charge in [0, 0.05) is 30.0 Å². The van der Waals surface area contributed by atoms with Crippen LogP contribution < -0.4 is 10.9 Å². The Morgan fingerprint density at radius 2 is 1.59 bits per heavy atom.